The van der Waals surface area contributed by atoms with E-state index in [1.54, 1.807) is 0 Å². The molecule has 208 valence electrons. The molecule has 7 nitrogen and oxygen atoms in total. The fourth-order valence-corrected chi connectivity index (χ4v) is 5.60. The lowest BCUT2D eigenvalue weighted by molar-refractivity contribution is 0.313. The Balaban J connectivity index is 1.36. The highest BCUT2D eigenvalue weighted by atomic mass is 16.3. The van der Waals surface area contributed by atoms with Gasteiger partial charge in [0.2, 0.25) is 0 Å². The van der Waals surface area contributed by atoms with E-state index in [1.807, 2.05) is 6.07 Å². The number of aromatic hydroxyl groups is 1. The van der Waals surface area contributed by atoms with Gasteiger partial charge in [-0.3, -0.25) is 0 Å². The van der Waals surface area contributed by atoms with Gasteiger partial charge in [-0.05, 0) is 66.4 Å². The third kappa shape index (κ3) is 4.83. The summed E-state index contributed by atoms with van der Waals surface area (Å²) in [7, 11) is 2.18. The normalized spacial score (nSPS) is 15.4. The van der Waals surface area contributed by atoms with E-state index in [2.05, 4.69) is 111 Å². The smallest absolute Gasteiger partial charge is 0.138 e. The number of nitrogens with zero attached hydrogens (tertiary/aromatic N) is 4. The molecule has 0 amide bonds. The van der Waals surface area contributed by atoms with E-state index >= 15 is 0 Å². The first kappa shape index (κ1) is 26.4. The van der Waals surface area contributed by atoms with Gasteiger partial charge in [0.15, 0.2) is 0 Å². The quantitative estimate of drug-likeness (QED) is 0.235. The first-order chi connectivity index (χ1) is 18.9. The molecule has 0 atom stereocenters. The number of anilines is 1. The molecule has 1 aliphatic heterocycles. The number of rotatable bonds is 3. The van der Waals surface area contributed by atoms with Gasteiger partial charge in [-0.1, -0.05) is 41.5 Å². The minimum absolute atomic E-state index is 0.204. The third-order valence-corrected chi connectivity index (χ3v) is 8.09. The van der Waals surface area contributed by atoms with Gasteiger partial charge in [0.1, 0.15) is 17.4 Å². The van der Waals surface area contributed by atoms with Gasteiger partial charge in [-0.25, -0.2) is 9.97 Å². The molecule has 0 unspecified atom stereocenters. The largest absolute Gasteiger partial charge is 0.507 e. The molecule has 0 aliphatic carbocycles. The number of piperazine rings is 1. The zero-order valence-electron chi connectivity index (χ0n) is 24.7. The van der Waals surface area contributed by atoms with Crippen LogP contribution in [0.2, 0.25) is 0 Å². The third-order valence-electron chi connectivity index (χ3n) is 8.09. The number of fused-ring (bicyclic) bond motifs is 2. The molecule has 0 radical (unpaired) electrons. The van der Waals surface area contributed by atoms with Crippen molar-refractivity contribution < 1.29 is 5.11 Å². The SMILES string of the molecule is CN1CCN(c2ccc3nc(-c4ccc5nc(-c6cc(C(C)(C)C)c(O)c(C(C)(C)C)c6)[nH]c5c4)[nH]c3c2)CC1. The fourth-order valence-electron chi connectivity index (χ4n) is 5.60. The molecule has 1 saturated heterocycles. The Morgan fingerprint density at radius 3 is 1.77 bits per heavy atom. The highest BCUT2D eigenvalue weighted by Crippen LogP contribution is 2.42. The molecule has 3 heterocycles. The maximum atomic E-state index is 11.1. The Morgan fingerprint density at radius 1 is 0.675 bits per heavy atom. The van der Waals surface area contributed by atoms with Crippen molar-refractivity contribution >= 4 is 27.8 Å². The van der Waals surface area contributed by atoms with Gasteiger partial charge < -0.3 is 24.9 Å². The van der Waals surface area contributed by atoms with Gasteiger partial charge in [0.25, 0.3) is 0 Å². The van der Waals surface area contributed by atoms with Crippen molar-refractivity contribution in [1.29, 1.82) is 0 Å². The number of phenolic OH excluding ortho intramolecular Hbond substituents is 1. The topological polar surface area (TPSA) is 84.1 Å². The van der Waals surface area contributed by atoms with Crippen molar-refractivity contribution in [3.8, 4) is 28.5 Å². The summed E-state index contributed by atoms with van der Waals surface area (Å²) in [6.45, 7) is 17.0. The number of benzene rings is 3. The van der Waals surface area contributed by atoms with Crippen LogP contribution >= 0.6 is 0 Å². The van der Waals surface area contributed by atoms with Crippen LogP contribution in [0.3, 0.4) is 0 Å². The Kier molecular flexibility index (Phi) is 6.18. The summed E-state index contributed by atoms with van der Waals surface area (Å²) in [4.78, 5) is 21.7. The molecule has 3 N–H and O–H groups in total. The van der Waals surface area contributed by atoms with Crippen molar-refractivity contribution in [3.63, 3.8) is 0 Å². The molecule has 5 aromatic rings. The van der Waals surface area contributed by atoms with Gasteiger partial charge in [-0.15, -0.1) is 0 Å². The van der Waals surface area contributed by atoms with Crippen LogP contribution < -0.4 is 4.90 Å². The predicted molar refractivity (Wildman–Crippen MR) is 165 cm³/mol. The Hall–Kier alpha value is -3.84. The van der Waals surface area contributed by atoms with Crippen LogP contribution in [0, 0.1) is 0 Å². The van der Waals surface area contributed by atoms with E-state index in [-0.39, 0.29) is 10.8 Å². The lowest BCUT2D eigenvalue weighted by atomic mass is 9.78. The molecule has 6 rings (SSSR count). The Bertz CT molecular complexity index is 1670. The number of aromatic nitrogens is 4. The van der Waals surface area contributed by atoms with Crippen molar-refractivity contribution in [1.82, 2.24) is 24.8 Å². The van der Waals surface area contributed by atoms with Crippen molar-refractivity contribution in [2.75, 3.05) is 38.1 Å². The Labute approximate surface area is 236 Å². The molecule has 1 aliphatic rings. The number of H-pyrrole nitrogens is 2. The molecule has 1 fully saturated rings. The number of hydrogen-bond donors (Lipinski definition) is 3. The van der Waals surface area contributed by atoms with Crippen LogP contribution in [-0.4, -0.2) is 63.2 Å². The van der Waals surface area contributed by atoms with Crippen LogP contribution in [-0.2, 0) is 10.8 Å². The summed E-state index contributed by atoms with van der Waals surface area (Å²) in [6.07, 6.45) is 0. The summed E-state index contributed by atoms with van der Waals surface area (Å²) in [5.41, 5.74) is 8.53. The molecule has 0 spiro atoms. The number of phenols is 1. The van der Waals surface area contributed by atoms with Crippen molar-refractivity contribution in [2.45, 2.75) is 52.4 Å². The minimum Gasteiger partial charge on any atom is -0.507 e. The number of hydrogen-bond acceptors (Lipinski definition) is 5. The highest BCUT2D eigenvalue weighted by Gasteiger charge is 2.27. The van der Waals surface area contributed by atoms with E-state index in [4.69, 9.17) is 9.97 Å². The molecule has 3 aromatic carbocycles. The Morgan fingerprint density at radius 2 is 1.20 bits per heavy atom. The van der Waals surface area contributed by atoms with Crippen LogP contribution in [0.1, 0.15) is 52.7 Å². The number of likely N-dealkylation sites (N-methyl/N-ethyl adjacent to an activating group) is 1. The van der Waals surface area contributed by atoms with E-state index in [1.165, 1.54) is 5.69 Å². The van der Waals surface area contributed by atoms with Crippen LogP contribution in [0.5, 0.6) is 5.75 Å². The predicted octanol–water partition coefficient (Wildman–Crippen LogP) is 6.83. The lowest BCUT2D eigenvalue weighted by Crippen LogP contribution is -2.44. The molecular weight excluding hydrogens is 496 g/mol. The average molecular weight is 537 g/mol. The first-order valence-electron chi connectivity index (χ1n) is 14.2. The van der Waals surface area contributed by atoms with Gasteiger partial charge >= 0.3 is 0 Å². The zero-order valence-corrected chi connectivity index (χ0v) is 24.7. The molecule has 2 aromatic heterocycles. The van der Waals surface area contributed by atoms with Gasteiger partial charge in [0, 0.05) is 54.1 Å². The highest BCUT2D eigenvalue weighted by molar-refractivity contribution is 5.87. The fraction of sp³-hybridized carbons (Fsp3) is 0.394. The average Bonchev–Trinajstić information content (AvgIpc) is 3.51. The second-order valence-corrected chi connectivity index (χ2v) is 13.3. The van der Waals surface area contributed by atoms with E-state index < -0.39 is 0 Å². The molecule has 7 heteroatoms. The summed E-state index contributed by atoms with van der Waals surface area (Å²) < 4.78 is 0. The molecular formula is C33H40N6O. The van der Waals surface area contributed by atoms with E-state index in [0.717, 1.165) is 82.1 Å². The maximum Gasteiger partial charge on any atom is 0.138 e. The number of aromatic amines is 2. The van der Waals surface area contributed by atoms with Crippen molar-refractivity contribution in [3.05, 3.63) is 59.7 Å². The molecule has 0 saturated carbocycles. The van der Waals surface area contributed by atoms with Crippen LogP contribution in [0.4, 0.5) is 5.69 Å². The first-order valence-corrected chi connectivity index (χ1v) is 14.2. The standard InChI is InChI=1S/C33H40N6O/c1-32(2,3)23-16-21(17-24(29(23)40)33(4,5)6)31-35-25-10-8-20(18-27(25)36-31)30-34-26-11-9-22(19-28(26)37-30)39-14-12-38(7)13-15-39/h8-11,16-19,40H,12-15H2,1-7H3,(H,34,37)(H,35,36). The number of nitrogens with one attached hydrogen (secondary N) is 2. The van der Waals surface area contributed by atoms with Gasteiger partial charge in [0.05, 0.1) is 22.1 Å². The van der Waals surface area contributed by atoms with E-state index in [0.29, 0.717) is 5.75 Å². The minimum atomic E-state index is -0.204. The molecule has 0 bridgehead atoms. The lowest BCUT2D eigenvalue weighted by Gasteiger charge is -2.34. The monoisotopic (exact) mass is 536 g/mol. The van der Waals surface area contributed by atoms with Crippen molar-refractivity contribution in [2.24, 2.45) is 0 Å². The summed E-state index contributed by atoms with van der Waals surface area (Å²) in [6, 6.07) is 16.9. The maximum absolute atomic E-state index is 11.1. The van der Waals surface area contributed by atoms with Crippen LogP contribution in [0.25, 0.3) is 44.8 Å². The van der Waals surface area contributed by atoms with Crippen LogP contribution in [0.15, 0.2) is 48.5 Å². The summed E-state index contributed by atoms with van der Waals surface area (Å²) in [5, 5.41) is 11.1. The number of imidazole rings is 2. The second-order valence-electron chi connectivity index (χ2n) is 13.3. The zero-order chi connectivity index (χ0) is 28.4. The summed E-state index contributed by atoms with van der Waals surface area (Å²) in [5.74, 6) is 2.02. The summed E-state index contributed by atoms with van der Waals surface area (Å²) >= 11 is 0. The second kappa shape index (κ2) is 9.37. The van der Waals surface area contributed by atoms with Gasteiger partial charge in [-0.2, -0.15) is 0 Å². The van der Waals surface area contributed by atoms with E-state index in [9.17, 15) is 5.11 Å². The molecule has 40 heavy (non-hydrogen) atoms.